The number of aromatic nitrogens is 3. The first-order valence-electron chi connectivity index (χ1n) is 8.22. The highest BCUT2D eigenvalue weighted by Gasteiger charge is 2.19. The van der Waals surface area contributed by atoms with Crippen LogP contribution in [-0.4, -0.2) is 41.3 Å². The Labute approximate surface area is 146 Å². The Balaban J connectivity index is 1.69. The molecule has 1 amide bonds. The second-order valence-corrected chi connectivity index (χ2v) is 6.26. The summed E-state index contributed by atoms with van der Waals surface area (Å²) in [5, 5.41) is 7.40. The molecule has 0 radical (unpaired) electrons. The maximum atomic E-state index is 11.9. The summed E-state index contributed by atoms with van der Waals surface area (Å²) in [4.78, 5) is 18.5. The zero-order valence-electron chi connectivity index (χ0n) is 14.2. The van der Waals surface area contributed by atoms with Gasteiger partial charge in [0.15, 0.2) is 0 Å². The van der Waals surface area contributed by atoms with Crippen LogP contribution in [0.4, 0.5) is 5.69 Å². The van der Waals surface area contributed by atoms with Crippen molar-refractivity contribution in [3.05, 3.63) is 54.4 Å². The highest BCUT2D eigenvalue weighted by Crippen LogP contribution is 2.26. The van der Waals surface area contributed by atoms with Gasteiger partial charge in [0.25, 0.3) is 5.91 Å². The molecule has 3 heterocycles. The Morgan fingerprint density at radius 3 is 2.56 bits per heavy atom. The number of hydrogen-bond acceptors (Lipinski definition) is 4. The summed E-state index contributed by atoms with van der Waals surface area (Å²) >= 11 is 0. The molecule has 2 aromatic heterocycles. The Bertz CT molecular complexity index is 927. The van der Waals surface area contributed by atoms with Gasteiger partial charge in [-0.05, 0) is 30.3 Å². The molecule has 4 rings (SSSR count). The molecule has 1 aliphatic heterocycles. The van der Waals surface area contributed by atoms with Gasteiger partial charge in [-0.15, -0.1) is 0 Å². The average Bonchev–Trinajstić information content (AvgIpc) is 3.08. The van der Waals surface area contributed by atoms with Crippen LogP contribution < -0.4 is 10.2 Å². The maximum absolute atomic E-state index is 11.9. The summed E-state index contributed by atoms with van der Waals surface area (Å²) in [6.45, 7) is 1.32. The van der Waals surface area contributed by atoms with Gasteiger partial charge in [0.1, 0.15) is 5.69 Å². The minimum Gasteiger partial charge on any atom is -0.378 e. The molecule has 6 nitrogen and oxygen atoms in total. The van der Waals surface area contributed by atoms with E-state index in [2.05, 4.69) is 44.6 Å². The third-order valence-electron chi connectivity index (χ3n) is 4.36. The van der Waals surface area contributed by atoms with Crippen molar-refractivity contribution in [1.82, 2.24) is 20.1 Å². The van der Waals surface area contributed by atoms with E-state index < -0.39 is 0 Å². The number of fused-ring (bicyclic) bond motifs is 1. The Morgan fingerprint density at radius 1 is 1.04 bits per heavy atom. The first kappa shape index (κ1) is 15.4. The number of amides is 1. The van der Waals surface area contributed by atoms with Gasteiger partial charge < -0.3 is 10.2 Å². The van der Waals surface area contributed by atoms with Crippen molar-refractivity contribution in [1.29, 1.82) is 0 Å². The Hall–Kier alpha value is -3.15. The number of pyridine rings is 1. The van der Waals surface area contributed by atoms with Crippen LogP contribution in [0, 0.1) is 0 Å². The van der Waals surface area contributed by atoms with Crippen LogP contribution in [0.5, 0.6) is 0 Å². The van der Waals surface area contributed by atoms with Crippen LogP contribution in [0.3, 0.4) is 0 Å². The molecule has 0 unspecified atom stereocenters. The number of hydrogen-bond donors (Lipinski definition) is 1. The van der Waals surface area contributed by atoms with Crippen molar-refractivity contribution < 1.29 is 4.79 Å². The smallest absolute Gasteiger partial charge is 0.269 e. The fourth-order valence-electron chi connectivity index (χ4n) is 2.96. The predicted octanol–water partition coefficient (Wildman–Crippen LogP) is 2.42. The fraction of sp³-hybridized carbons (Fsp3) is 0.211. The minimum absolute atomic E-state index is 0.0708. The lowest BCUT2D eigenvalue weighted by atomic mass is 10.1. The van der Waals surface area contributed by atoms with Crippen molar-refractivity contribution in [2.24, 2.45) is 0 Å². The van der Waals surface area contributed by atoms with Crippen LogP contribution in [0.25, 0.3) is 22.5 Å². The van der Waals surface area contributed by atoms with Crippen molar-refractivity contribution in [2.75, 3.05) is 25.5 Å². The van der Waals surface area contributed by atoms with E-state index in [4.69, 9.17) is 0 Å². The topological polar surface area (TPSA) is 63.1 Å². The molecular weight excluding hydrogens is 314 g/mol. The zero-order chi connectivity index (χ0) is 17.4. The molecule has 126 valence electrons. The Morgan fingerprint density at radius 2 is 1.84 bits per heavy atom. The van der Waals surface area contributed by atoms with Crippen LogP contribution in [0.15, 0.2) is 48.7 Å². The van der Waals surface area contributed by atoms with Gasteiger partial charge in [-0.1, -0.05) is 12.1 Å². The highest BCUT2D eigenvalue weighted by atomic mass is 16.2. The standard InChI is InChI=1S/C19H19N5O/c1-23(2)15-5-3-13(4-6-15)16-11-14(7-8-20-16)17-12-18-19(25)21-9-10-24(18)22-17/h3-8,11-12H,9-10H2,1-2H3,(H,21,25). The van der Waals surface area contributed by atoms with Crippen molar-refractivity contribution in [2.45, 2.75) is 6.54 Å². The summed E-state index contributed by atoms with van der Waals surface area (Å²) in [5.41, 5.74) is 5.44. The van der Waals surface area contributed by atoms with E-state index in [1.807, 2.05) is 32.3 Å². The number of carbonyl (C=O) groups excluding carboxylic acids is 1. The van der Waals surface area contributed by atoms with Crippen LogP contribution >= 0.6 is 0 Å². The Kier molecular flexibility index (Phi) is 3.72. The monoisotopic (exact) mass is 333 g/mol. The second kappa shape index (κ2) is 6.05. The molecule has 3 aromatic rings. The van der Waals surface area contributed by atoms with Crippen molar-refractivity contribution >= 4 is 11.6 Å². The van der Waals surface area contributed by atoms with Gasteiger partial charge >= 0.3 is 0 Å². The molecule has 0 saturated carbocycles. The molecule has 0 saturated heterocycles. The fourth-order valence-corrected chi connectivity index (χ4v) is 2.96. The quantitative estimate of drug-likeness (QED) is 0.799. The number of anilines is 1. The van der Waals surface area contributed by atoms with Gasteiger partial charge in [-0.3, -0.25) is 14.5 Å². The molecule has 0 fully saturated rings. The largest absolute Gasteiger partial charge is 0.378 e. The third kappa shape index (κ3) is 2.87. The summed E-state index contributed by atoms with van der Waals surface area (Å²) in [7, 11) is 4.04. The van der Waals surface area contributed by atoms with Gasteiger partial charge in [0.2, 0.25) is 0 Å². The molecule has 0 aliphatic carbocycles. The molecular formula is C19H19N5O. The van der Waals surface area contributed by atoms with Gasteiger partial charge in [0, 0.05) is 43.7 Å². The van der Waals surface area contributed by atoms with Gasteiger partial charge in [0.05, 0.1) is 17.9 Å². The van der Waals surface area contributed by atoms with E-state index >= 15 is 0 Å². The summed E-state index contributed by atoms with van der Waals surface area (Å²) < 4.78 is 1.76. The molecule has 1 N–H and O–H groups in total. The summed E-state index contributed by atoms with van der Waals surface area (Å²) in [5.74, 6) is -0.0708. The molecule has 0 atom stereocenters. The summed E-state index contributed by atoms with van der Waals surface area (Å²) in [6.07, 6.45) is 1.78. The first-order chi connectivity index (χ1) is 12.1. The lowest BCUT2D eigenvalue weighted by Crippen LogP contribution is -2.35. The van der Waals surface area contributed by atoms with E-state index in [-0.39, 0.29) is 5.91 Å². The van der Waals surface area contributed by atoms with Crippen molar-refractivity contribution in [3.63, 3.8) is 0 Å². The van der Waals surface area contributed by atoms with Gasteiger partial charge in [-0.25, -0.2) is 0 Å². The van der Waals surface area contributed by atoms with Gasteiger partial charge in [-0.2, -0.15) is 5.10 Å². The number of benzene rings is 1. The normalized spacial score (nSPS) is 13.3. The lowest BCUT2D eigenvalue weighted by molar-refractivity contribution is 0.0924. The molecule has 0 spiro atoms. The average molecular weight is 333 g/mol. The van der Waals surface area contributed by atoms with Crippen LogP contribution in [-0.2, 0) is 6.54 Å². The second-order valence-electron chi connectivity index (χ2n) is 6.26. The highest BCUT2D eigenvalue weighted by molar-refractivity contribution is 5.94. The van der Waals surface area contributed by atoms with Crippen LogP contribution in [0.1, 0.15) is 10.5 Å². The van der Waals surface area contributed by atoms with E-state index in [0.717, 1.165) is 28.2 Å². The van der Waals surface area contributed by atoms with E-state index in [1.165, 1.54) is 0 Å². The van der Waals surface area contributed by atoms with E-state index in [9.17, 15) is 4.79 Å². The molecule has 6 heteroatoms. The van der Waals surface area contributed by atoms with Crippen LogP contribution in [0.2, 0.25) is 0 Å². The maximum Gasteiger partial charge on any atom is 0.269 e. The zero-order valence-corrected chi connectivity index (χ0v) is 14.2. The first-order valence-corrected chi connectivity index (χ1v) is 8.22. The van der Waals surface area contributed by atoms with Crippen molar-refractivity contribution in [3.8, 4) is 22.5 Å². The molecule has 1 aromatic carbocycles. The molecule has 25 heavy (non-hydrogen) atoms. The lowest BCUT2D eigenvalue weighted by Gasteiger charge is -2.13. The van der Waals surface area contributed by atoms with E-state index in [0.29, 0.717) is 18.8 Å². The van der Waals surface area contributed by atoms with E-state index in [1.54, 1.807) is 10.9 Å². The summed E-state index contributed by atoms with van der Waals surface area (Å²) in [6, 6.07) is 14.0. The predicted molar refractivity (Wildman–Crippen MR) is 97.6 cm³/mol. The number of carbonyl (C=O) groups is 1. The molecule has 1 aliphatic rings. The number of nitrogens with zero attached hydrogens (tertiary/aromatic N) is 4. The number of nitrogens with one attached hydrogen (secondary N) is 1. The minimum atomic E-state index is -0.0708. The SMILES string of the molecule is CN(C)c1ccc(-c2cc(-c3cc4n(n3)CCNC4=O)ccn2)cc1. The molecule has 0 bridgehead atoms. The third-order valence-corrected chi connectivity index (χ3v) is 4.36. The number of rotatable bonds is 3.